The molecule has 1 N–H and O–H groups in total. The molecule has 0 atom stereocenters. The molecular weight excluding hydrogens is 360 g/mol. The lowest BCUT2D eigenvalue weighted by molar-refractivity contribution is -0.117. The molecule has 1 saturated heterocycles. The zero-order chi connectivity index (χ0) is 19.2. The van der Waals surface area contributed by atoms with Crippen LogP contribution in [0.4, 0.5) is 5.69 Å². The lowest BCUT2D eigenvalue weighted by atomic mass is 10.2. The first-order valence-corrected chi connectivity index (χ1v) is 10.3. The summed E-state index contributed by atoms with van der Waals surface area (Å²) in [6, 6.07) is 7.21. The van der Waals surface area contributed by atoms with Crippen LogP contribution in [0.25, 0.3) is 0 Å². The lowest BCUT2D eigenvalue weighted by Crippen LogP contribution is -2.25. The molecule has 2 aromatic rings. The zero-order valence-corrected chi connectivity index (χ0v) is 16.7. The summed E-state index contributed by atoms with van der Waals surface area (Å²) in [5.41, 5.74) is 2.49. The molecule has 3 rings (SSSR count). The van der Waals surface area contributed by atoms with E-state index in [9.17, 15) is 9.59 Å². The van der Waals surface area contributed by atoms with Crippen molar-refractivity contribution in [3.05, 3.63) is 45.9 Å². The van der Waals surface area contributed by atoms with Crippen molar-refractivity contribution in [1.82, 2.24) is 15.2 Å². The maximum Gasteiger partial charge on any atom is 0.251 e. The van der Waals surface area contributed by atoms with Gasteiger partial charge in [0.05, 0.1) is 12.2 Å². The van der Waals surface area contributed by atoms with Gasteiger partial charge in [0.2, 0.25) is 5.91 Å². The maximum atomic E-state index is 12.4. The first-order valence-electron chi connectivity index (χ1n) is 9.45. The van der Waals surface area contributed by atoms with Gasteiger partial charge >= 0.3 is 0 Å². The number of anilines is 1. The Hall–Kier alpha value is -2.25. The molecule has 1 aliphatic rings. The molecule has 0 radical (unpaired) electrons. The van der Waals surface area contributed by atoms with E-state index in [2.05, 4.69) is 34.4 Å². The van der Waals surface area contributed by atoms with Crippen molar-refractivity contribution in [1.29, 1.82) is 0 Å². The molecule has 0 unspecified atom stereocenters. The maximum absolute atomic E-state index is 12.4. The fraction of sp³-hybridized carbons (Fsp3) is 0.450. The second kappa shape index (κ2) is 9.10. The number of thiazole rings is 1. The Kier molecular flexibility index (Phi) is 6.58. The molecule has 1 fully saturated rings. The molecule has 6 nitrogen and oxygen atoms in total. The standard InChI is InChI=1S/C20H26N4O2S/c1-3-23(4-2)13-16-14-27-18(22-16)12-21-20(26)15-7-9-17(10-8-15)24-11-5-6-19(24)25/h7-10,14H,3-6,11-13H2,1-2H3,(H,21,26). The van der Waals surface area contributed by atoms with Gasteiger partial charge in [-0.15, -0.1) is 11.3 Å². The molecule has 0 spiro atoms. The summed E-state index contributed by atoms with van der Waals surface area (Å²) in [5.74, 6) is 0.0197. The van der Waals surface area contributed by atoms with Gasteiger partial charge in [-0.05, 0) is 43.8 Å². The molecule has 2 heterocycles. The molecule has 144 valence electrons. The number of carbonyl (C=O) groups excluding carboxylic acids is 2. The Morgan fingerprint density at radius 1 is 1.26 bits per heavy atom. The first-order chi connectivity index (χ1) is 13.1. The van der Waals surface area contributed by atoms with Crippen LogP contribution in [0.2, 0.25) is 0 Å². The fourth-order valence-corrected chi connectivity index (χ4v) is 3.88. The number of hydrogen-bond acceptors (Lipinski definition) is 5. The largest absolute Gasteiger partial charge is 0.346 e. The van der Waals surface area contributed by atoms with Gasteiger partial charge in [-0.1, -0.05) is 13.8 Å². The van der Waals surface area contributed by atoms with E-state index in [1.54, 1.807) is 28.4 Å². The van der Waals surface area contributed by atoms with Gasteiger partial charge in [0, 0.05) is 36.1 Å². The Bertz CT molecular complexity index is 784. The Morgan fingerprint density at radius 2 is 2.00 bits per heavy atom. The van der Waals surface area contributed by atoms with E-state index in [0.29, 0.717) is 18.5 Å². The van der Waals surface area contributed by atoms with E-state index in [1.165, 1.54) is 0 Å². The van der Waals surface area contributed by atoms with Crippen molar-refractivity contribution in [2.24, 2.45) is 0 Å². The minimum Gasteiger partial charge on any atom is -0.346 e. The highest BCUT2D eigenvalue weighted by molar-refractivity contribution is 7.09. The van der Waals surface area contributed by atoms with Crippen molar-refractivity contribution >= 4 is 28.8 Å². The van der Waals surface area contributed by atoms with Crippen molar-refractivity contribution in [3.63, 3.8) is 0 Å². The van der Waals surface area contributed by atoms with Crippen molar-refractivity contribution < 1.29 is 9.59 Å². The molecule has 1 aliphatic heterocycles. The quantitative estimate of drug-likeness (QED) is 0.757. The molecule has 1 aromatic carbocycles. The number of rotatable bonds is 8. The summed E-state index contributed by atoms with van der Waals surface area (Å²) >= 11 is 1.57. The van der Waals surface area contributed by atoms with Crippen LogP contribution in [-0.2, 0) is 17.9 Å². The molecular formula is C20H26N4O2S. The van der Waals surface area contributed by atoms with E-state index in [4.69, 9.17) is 0 Å². The van der Waals surface area contributed by atoms with Crippen molar-refractivity contribution in [2.75, 3.05) is 24.5 Å². The van der Waals surface area contributed by atoms with E-state index >= 15 is 0 Å². The van der Waals surface area contributed by atoms with Crippen LogP contribution >= 0.6 is 11.3 Å². The molecule has 1 aromatic heterocycles. The molecule has 27 heavy (non-hydrogen) atoms. The summed E-state index contributed by atoms with van der Waals surface area (Å²) < 4.78 is 0. The number of benzene rings is 1. The van der Waals surface area contributed by atoms with Gasteiger partial charge in [0.1, 0.15) is 5.01 Å². The Labute approximate surface area is 164 Å². The van der Waals surface area contributed by atoms with Crippen LogP contribution in [-0.4, -0.2) is 41.3 Å². The van der Waals surface area contributed by atoms with Crippen LogP contribution in [0.5, 0.6) is 0 Å². The van der Waals surface area contributed by atoms with Crippen molar-refractivity contribution in [2.45, 2.75) is 39.8 Å². The normalized spacial score (nSPS) is 14.2. The third-order valence-corrected chi connectivity index (χ3v) is 5.69. The smallest absolute Gasteiger partial charge is 0.251 e. The van der Waals surface area contributed by atoms with Crippen LogP contribution in [0.1, 0.15) is 47.7 Å². The predicted molar refractivity (Wildman–Crippen MR) is 108 cm³/mol. The van der Waals surface area contributed by atoms with Crippen LogP contribution in [0.3, 0.4) is 0 Å². The fourth-order valence-electron chi connectivity index (χ4n) is 3.15. The Balaban J connectivity index is 1.53. The van der Waals surface area contributed by atoms with E-state index in [1.807, 2.05) is 12.1 Å². The number of carbonyl (C=O) groups is 2. The average molecular weight is 387 g/mol. The van der Waals surface area contributed by atoms with Gasteiger partial charge < -0.3 is 10.2 Å². The number of hydrogen-bond donors (Lipinski definition) is 1. The monoisotopic (exact) mass is 386 g/mol. The second-order valence-corrected chi connectivity index (χ2v) is 7.52. The van der Waals surface area contributed by atoms with Crippen LogP contribution < -0.4 is 10.2 Å². The topological polar surface area (TPSA) is 65.5 Å². The van der Waals surface area contributed by atoms with Gasteiger partial charge in [-0.25, -0.2) is 4.98 Å². The van der Waals surface area contributed by atoms with E-state index in [0.717, 1.165) is 49.0 Å². The number of nitrogens with zero attached hydrogens (tertiary/aromatic N) is 3. The Morgan fingerprint density at radius 3 is 2.63 bits per heavy atom. The highest BCUT2D eigenvalue weighted by atomic mass is 32.1. The predicted octanol–water partition coefficient (Wildman–Crippen LogP) is 3.04. The van der Waals surface area contributed by atoms with Crippen molar-refractivity contribution in [3.8, 4) is 0 Å². The van der Waals surface area contributed by atoms with Gasteiger partial charge in [-0.2, -0.15) is 0 Å². The summed E-state index contributed by atoms with van der Waals surface area (Å²) in [6.45, 7) is 8.30. The zero-order valence-electron chi connectivity index (χ0n) is 15.9. The third kappa shape index (κ3) is 4.93. The minimum absolute atomic E-state index is 0.130. The summed E-state index contributed by atoms with van der Waals surface area (Å²) in [6.07, 6.45) is 1.50. The van der Waals surface area contributed by atoms with Gasteiger partial charge in [0.15, 0.2) is 0 Å². The molecule has 7 heteroatoms. The summed E-state index contributed by atoms with van der Waals surface area (Å²) in [7, 11) is 0. The number of nitrogens with one attached hydrogen (secondary N) is 1. The van der Waals surface area contributed by atoms with Gasteiger partial charge in [0.25, 0.3) is 5.91 Å². The lowest BCUT2D eigenvalue weighted by Gasteiger charge is -2.16. The minimum atomic E-state index is -0.130. The molecule has 0 saturated carbocycles. The molecule has 0 bridgehead atoms. The highest BCUT2D eigenvalue weighted by Crippen LogP contribution is 2.21. The first kappa shape index (κ1) is 19.5. The SMILES string of the molecule is CCN(CC)Cc1csc(CNC(=O)c2ccc(N3CCCC3=O)cc2)n1. The summed E-state index contributed by atoms with van der Waals surface area (Å²) in [4.78, 5) is 32.9. The molecule has 2 amide bonds. The van der Waals surface area contributed by atoms with Gasteiger partial charge in [-0.3, -0.25) is 14.5 Å². The summed E-state index contributed by atoms with van der Waals surface area (Å²) in [5, 5.41) is 5.89. The third-order valence-electron chi connectivity index (χ3n) is 4.79. The van der Waals surface area contributed by atoms with E-state index in [-0.39, 0.29) is 11.8 Å². The number of aromatic nitrogens is 1. The second-order valence-electron chi connectivity index (χ2n) is 6.57. The molecule has 0 aliphatic carbocycles. The van der Waals surface area contributed by atoms with Crippen LogP contribution in [0.15, 0.2) is 29.6 Å². The highest BCUT2D eigenvalue weighted by Gasteiger charge is 2.21. The number of amides is 2. The van der Waals surface area contributed by atoms with E-state index < -0.39 is 0 Å². The van der Waals surface area contributed by atoms with Crippen LogP contribution in [0, 0.1) is 0 Å². The average Bonchev–Trinajstić information content (AvgIpc) is 3.33.